The maximum Gasteiger partial charge on any atom is 0.338 e. The van der Waals surface area contributed by atoms with Crippen molar-refractivity contribution in [2.24, 2.45) is 0 Å². The summed E-state index contributed by atoms with van der Waals surface area (Å²) in [5.74, 6) is -3.34. The lowest BCUT2D eigenvalue weighted by molar-refractivity contribution is -0.274. The number of carbonyl (C=O) groups is 2. The maximum atomic E-state index is 12.7. The second kappa shape index (κ2) is 11.7. The van der Waals surface area contributed by atoms with Gasteiger partial charge in [0.1, 0.15) is 0 Å². The zero-order chi connectivity index (χ0) is 25.8. The van der Waals surface area contributed by atoms with Crippen LogP contribution in [0.25, 0.3) is 0 Å². The van der Waals surface area contributed by atoms with Gasteiger partial charge in [0.25, 0.3) is 7.59 Å². The zero-order valence-electron chi connectivity index (χ0n) is 17.4. The fourth-order valence-electron chi connectivity index (χ4n) is 2.83. The number of ether oxygens (including phenoxy) is 5. The summed E-state index contributed by atoms with van der Waals surface area (Å²) in [5, 5.41) is 15.8. The molecule has 188 valence electrons. The van der Waals surface area contributed by atoms with Gasteiger partial charge < -0.3 is 23.7 Å². The Balaban J connectivity index is 2.45. The van der Waals surface area contributed by atoms with Gasteiger partial charge in [0.15, 0.2) is 12.2 Å². The Morgan fingerprint density at radius 1 is 0.824 bits per heavy atom. The van der Waals surface area contributed by atoms with Gasteiger partial charge in [0.05, 0.1) is 11.7 Å². The SMILES string of the molecule is CC(=O)O[C@H]1[C@H](OC(=N)C(Cl)(Cl)Cl)O[C@@H](C)[C@H](OC(=O)c2ccccc2)[C@H]1OC(=N)C(Cl)(Cl)Cl. The van der Waals surface area contributed by atoms with Gasteiger partial charge in [0, 0.05) is 6.92 Å². The molecular weight excluding hydrogens is 581 g/mol. The van der Waals surface area contributed by atoms with Crippen molar-refractivity contribution in [3.63, 3.8) is 0 Å². The molecule has 1 fully saturated rings. The topological polar surface area (TPSA) is 128 Å². The van der Waals surface area contributed by atoms with Gasteiger partial charge in [-0.15, -0.1) is 0 Å². The number of hydrogen-bond acceptors (Lipinski definition) is 9. The molecule has 1 aromatic carbocycles. The minimum absolute atomic E-state index is 0.199. The molecule has 2 rings (SSSR count). The highest BCUT2D eigenvalue weighted by molar-refractivity contribution is 6.76. The minimum atomic E-state index is -2.31. The van der Waals surface area contributed by atoms with Crippen molar-refractivity contribution in [1.82, 2.24) is 0 Å². The lowest BCUT2D eigenvalue weighted by atomic mass is 9.98. The number of halogens is 6. The van der Waals surface area contributed by atoms with Crippen LogP contribution in [0.2, 0.25) is 0 Å². The number of rotatable bonds is 5. The molecule has 1 aliphatic heterocycles. The van der Waals surface area contributed by atoms with E-state index in [-0.39, 0.29) is 5.56 Å². The van der Waals surface area contributed by atoms with Crippen molar-refractivity contribution in [2.45, 2.75) is 52.1 Å². The van der Waals surface area contributed by atoms with E-state index < -0.39 is 62.0 Å². The van der Waals surface area contributed by atoms with Crippen molar-refractivity contribution < 1.29 is 33.3 Å². The molecule has 0 unspecified atom stereocenters. The average Bonchev–Trinajstić information content (AvgIpc) is 2.72. The van der Waals surface area contributed by atoms with Crippen LogP contribution in [-0.2, 0) is 28.5 Å². The number of nitrogens with one attached hydrogen (secondary N) is 2. The van der Waals surface area contributed by atoms with Crippen molar-refractivity contribution in [3.05, 3.63) is 35.9 Å². The van der Waals surface area contributed by atoms with Crippen molar-refractivity contribution in [1.29, 1.82) is 10.8 Å². The highest BCUT2D eigenvalue weighted by Crippen LogP contribution is 2.36. The Bertz CT molecular complexity index is 922. The largest absolute Gasteiger partial charge is 0.466 e. The molecule has 0 amide bonds. The highest BCUT2D eigenvalue weighted by Gasteiger charge is 2.53. The molecule has 1 aromatic rings. The minimum Gasteiger partial charge on any atom is -0.466 e. The molecule has 34 heavy (non-hydrogen) atoms. The van der Waals surface area contributed by atoms with E-state index in [9.17, 15) is 9.59 Å². The lowest BCUT2D eigenvalue weighted by Gasteiger charge is -2.44. The molecule has 1 heterocycles. The molecule has 9 nitrogen and oxygen atoms in total. The first-order valence-corrected chi connectivity index (χ1v) is 11.6. The normalized spacial score (nSPS) is 25.1. The van der Waals surface area contributed by atoms with Gasteiger partial charge in [-0.05, 0) is 19.1 Å². The summed E-state index contributed by atoms with van der Waals surface area (Å²) in [7, 11) is 0. The van der Waals surface area contributed by atoms with Gasteiger partial charge in [-0.3, -0.25) is 15.6 Å². The highest BCUT2D eigenvalue weighted by atomic mass is 35.6. The second-order valence-corrected chi connectivity index (χ2v) is 11.4. The van der Waals surface area contributed by atoms with Crippen LogP contribution < -0.4 is 0 Å². The van der Waals surface area contributed by atoms with E-state index in [1.165, 1.54) is 19.1 Å². The van der Waals surface area contributed by atoms with E-state index >= 15 is 0 Å². The Hall–Kier alpha value is -1.20. The molecule has 15 heteroatoms. The Kier molecular flexibility index (Phi) is 9.98. The standard InChI is InChI=1S/C19H18Cl6N2O7/c1-8-11(32-14(29)10-6-4-3-5-7-10)12(33-16(26)18(20,21)22)13(31-9(2)28)15(30-8)34-17(27)19(23,24)25/h3-8,11-13,15,26-27H,1-2H3/t8-,11-,12+,13+,15-/m0/s1. The van der Waals surface area contributed by atoms with Crippen molar-refractivity contribution in [3.8, 4) is 0 Å². The van der Waals surface area contributed by atoms with E-state index in [1.54, 1.807) is 18.2 Å². The van der Waals surface area contributed by atoms with Crippen LogP contribution in [-0.4, -0.2) is 62.0 Å². The summed E-state index contributed by atoms with van der Waals surface area (Å²) in [5.41, 5.74) is 0.199. The van der Waals surface area contributed by atoms with Gasteiger partial charge in [0.2, 0.25) is 24.2 Å². The first-order valence-electron chi connectivity index (χ1n) is 9.34. The predicted octanol–water partition coefficient (Wildman–Crippen LogP) is 4.99. The quantitative estimate of drug-likeness (QED) is 0.212. The van der Waals surface area contributed by atoms with Gasteiger partial charge in [-0.1, -0.05) is 87.8 Å². The van der Waals surface area contributed by atoms with E-state index in [2.05, 4.69) is 0 Å². The Morgan fingerprint density at radius 2 is 1.35 bits per heavy atom. The molecular formula is C19H18Cl6N2O7. The lowest BCUT2D eigenvalue weighted by Crippen LogP contribution is -2.62. The second-order valence-electron chi connectivity index (χ2n) is 6.87. The monoisotopic (exact) mass is 596 g/mol. The van der Waals surface area contributed by atoms with Crippen LogP contribution in [0.1, 0.15) is 24.2 Å². The summed E-state index contributed by atoms with van der Waals surface area (Å²) < 4.78 is 22.7. The Morgan fingerprint density at radius 3 is 1.85 bits per heavy atom. The number of carbonyl (C=O) groups excluding carboxylic acids is 2. The fourth-order valence-corrected chi connectivity index (χ4v) is 3.10. The average molecular weight is 599 g/mol. The van der Waals surface area contributed by atoms with E-state index in [0.29, 0.717) is 0 Å². The van der Waals surface area contributed by atoms with Crippen molar-refractivity contribution >= 4 is 93.3 Å². The molecule has 0 radical (unpaired) electrons. The number of benzene rings is 1. The summed E-state index contributed by atoms with van der Waals surface area (Å²) in [6.07, 6.45) is -6.94. The van der Waals surface area contributed by atoms with E-state index in [1.807, 2.05) is 0 Å². The van der Waals surface area contributed by atoms with Crippen molar-refractivity contribution in [2.75, 3.05) is 0 Å². The summed E-state index contributed by atoms with van der Waals surface area (Å²) in [6.45, 7) is 2.54. The van der Waals surface area contributed by atoms with Crippen LogP contribution in [0.3, 0.4) is 0 Å². The van der Waals surface area contributed by atoms with Crippen LogP contribution in [0.15, 0.2) is 30.3 Å². The molecule has 1 saturated heterocycles. The third kappa shape index (κ3) is 7.91. The fraction of sp³-hybridized carbons (Fsp3) is 0.474. The summed E-state index contributed by atoms with van der Waals surface area (Å²) >= 11 is 34.2. The first-order chi connectivity index (χ1) is 15.6. The number of alkyl halides is 6. The van der Waals surface area contributed by atoms with Gasteiger partial charge in [-0.2, -0.15) is 0 Å². The third-order valence-corrected chi connectivity index (χ3v) is 5.31. The predicted molar refractivity (Wildman–Crippen MR) is 128 cm³/mol. The first kappa shape index (κ1) is 29.0. The van der Waals surface area contributed by atoms with E-state index in [4.69, 9.17) is 104 Å². The van der Waals surface area contributed by atoms with Crippen LogP contribution in [0.5, 0.6) is 0 Å². The van der Waals surface area contributed by atoms with Crippen LogP contribution in [0, 0.1) is 10.8 Å². The number of esters is 2. The number of hydrogen-bond donors (Lipinski definition) is 2. The van der Waals surface area contributed by atoms with Crippen LogP contribution >= 0.6 is 69.6 Å². The van der Waals surface area contributed by atoms with Crippen LogP contribution in [0.4, 0.5) is 0 Å². The van der Waals surface area contributed by atoms with E-state index in [0.717, 1.165) is 6.92 Å². The summed E-state index contributed by atoms with van der Waals surface area (Å²) in [4.78, 5) is 24.6. The zero-order valence-corrected chi connectivity index (χ0v) is 21.9. The molecule has 0 saturated carbocycles. The Labute approximate surface area is 224 Å². The molecule has 0 aromatic heterocycles. The molecule has 5 atom stereocenters. The van der Waals surface area contributed by atoms with Gasteiger partial charge in [-0.25, -0.2) is 4.79 Å². The molecule has 0 bridgehead atoms. The maximum absolute atomic E-state index is 12.7. The molecule has 1 aliphatic rings. The molecule has 0 spiro atoms. The smallest absolute Gasteiger partial charge is 0.338 e. The third-order valence-electron chi connectivity index (χ3n) is 4.28. The van der Waals surface area contributed by atoms with Gasteiger partial charge >= 0.3 is 11.9 Å². The summed E-state index contributed by atoms with van der Waals surface area (Å²) in [6, 6.07) is 7.96. The molecule has 2 N–H and O–H groups in total. The molecule has 0 aliphatic carbocycles.